The van der Waals surface area contributed by atoms with E-state index in [0.717, 1.165) is 43.5 Å². The molecular formula is C15H24N4O. The van der Waals surface area contributed by atoms with E-state index in [-0.39, 0.29) is 0 Å². The van der Waals surface area contributed by atoms with Crippen LogP contribution in [0.3, 0.4) is 0 Å². The van der Waals surface area contributed by atoms with Crippen molar-refractivity contribution in [3.05, 3.63) is 29.8 Å². The standard InChI is InChI=1S/C15H24N4O/c1-18(2)10-11-20-14-7-5-4-6-13(14)12-17-15-16-8-9-19(15)3/h4-7H,8-12H2,1-3H3,(H,16,17). The summed E-state index contributed by atoms with van der Waals surface area (Å²) in [5.74, 6) is 1.91. The van der Waals surface area contributed by atoms with Crippen LogP contribution in [-0.2, 0) is 6.54 Å². The summed E-state index contributed by atoms with van der Waals surface area (Å²) >= 11 is 0. The number of nitrogens with one attached hydrogen (secondary N) is 1. The Morgan fingerprint density at radius 3 is 2.85 bits per heavy atom. The molecule has 1 aliphatic rings. The molecule has 0 aromatic heterocycles. The largest absolute Gasteiger partial charge is 0.492 e. The van der Waals surface area contributed by atoms with Gasteiger partial charge in [0.15, 0.2) is 5.96 Å². The topological polar surface area (TPSA) is 40.1 Å². The molecule has 0 saturated heterocycles. The maximum atomic E-state index is 5.85. The minimum absolute atomic E-state index is 0.699. The lowest BCUT2D eigenvalue weighted by atomic mass is 10.2. The van der Waals surface area contributed by atoms with E-state index in [1.165, 1.54) is 0 Å². The molecule has 2 rings (SSSR count). The fraction of sp³-hybridized carbons (Fsp3) is 0.533. The average molecular weight is 276 g/mol. The Morgan fingerprint density at radius 1 is 1.35 bits per heavy atom. The Balaban J connectivity index is 1.90. The van der Waals surface area contributed by atoms with E-state index in [1.807, 2.05) is 32.3 Å². The van der Waals surface area contributed by atoms with Crippen LogP contribution in [0.2, 0.25) is 0 Å². The van der Waals surface area contributed by atoms with Crippen LogP contribution in [0.15, 0.2) is 29.3 Å². The van der Waals surface area contributed by atoms with Crippen LogP contribution in [0.25, 0.3) is 0 Å². The number of guanidine groups is 1. The number of benzene rings is 1. The molecule has 0 amide bonds. The Kier molecular flexibility index (Phi) is 5.24. The van der Waals surface area contributed by atoms with Gasteiger partial charge in [-0.2, -0.15) is 0 Å². The van der Waals surface area contributed by atoms with Gasteiger partial charge in [0.25, 0.3) is 0 Å². The van der Waals surface area contributed by atoms with Crippen LogP contribution >= 0.6 is 0 Å². The van der Waals surface area contributed by atoms with Crippen LogP contribution < -0.4 is 10.1 Å². The first kappa shape index (κ1) is 14.7. The number of hydrogen-bond acceptors (Lipinski definition) is 5. The first-order valence-corrected chi connectivity index (χ1v) is 7.01. The molecule has 0 bridgehead atoms. The van der Waals surface area contributed by atoms with E-state index < -0.39 is 0 Å². The number of ether oxygens (including phenoxy) is 1. The minimum Gasteiger partial charge on any atom is -0.492 e. The number of rotatable bonds is 6. The molecule has 5 heteroatoms. The fourth-order valence-electron chi connectivity index (χ4n) is 2.03. The minimum atomic E-state index is 0.699. The van der Waals surface area contributed by atoms with Crippen molar-refractivity contribution in [2.75, 3.05) is 47.4 Å². The van der Waals surface area contributed by atoms with E-state index in [4.69, 9.17) is 4.74 Å². The first-order valence-electron chi connectivity index (χ1n) is 7.01. The molecule has 1 aromatic rings. The monoisotopic (exact) mass is 276 g/mol. The molecule has 1 N–H and O–H groups in total. The molecular weight excluding hydrogens is 252 g/mol. The number of para-hydroxylation sites is 1. The van der Waals surface area contributed by atoms with Crippen molar-refractivity contribution >= 4 is 5.96 Å². The van der Waals surface area contributed by atoms with Crippen molar-refractivity contribution in [1.82, 2.24) is 15.1 Å². The zero-order chi connectivity index (χ0) is 14.4. The van der Waals surface area contributed by atoms with Crippen LogP contribution in [0, 0.1) is 0 Å². The third kappa shape index (κ3) is 4.13. The lowest BCUT2D eigenvalue weighted by molar-refractivity contribution is 0.259. The van der Waals surface area contributed by atoms with Gasteiger partial charge in [0.2, 0.25) is 0 Å². The van der Waals surface area contributed by atoms with Crippen LogP contribution in [0.4, 0.5) is 0 Å². The van der Waals surface area contributed by atoms with Gasteiger partial charge < -0.3 is 19.9 Å². The quantitative estimate of drug-likeness (QED) is 0.842. The van der Waals surface area contributed by atoms with Crippen molar-refractivity contribution < 1.29 is 4.74 Å². The molecule has 0 aliphatic carbocycles. The molecule has 5 nitrogen and oxygen atoms in total. The third-order valence-electron chi connectivity index (χ3n) is 3.26. The number of likely N-dealkylation sites (N-methyl/N-ethyl adjacent to an activating group) is 2. The predicted molar refractivity (Wildman–Crippen MR) is 82.3 cm³/mol. The second-order valence-corrected chi connectivity index (χ2v) is 5.24. The van der Waals surface area contributed by atoms with Crippen molar-refractivity contribution in [2.45, 2.75) is 6.54 Å². The highest BCUT2D eigenvalue weighted by atomic mass is 16.5. The number of aliphatic imine (C=N–C) groups is 1. The second kappa shape index (κ2) is 7.14. The smallest absolute Gasteiger partial charge is 0.194 e. The van der Waals surface area contributed by atoms with Gasteiger partial charge in [0, 0.05) is 32.2 Å². The highest BCUT2D eigenvalue weighted by Crippen LogP contribution is 2.17. The Hall–Kier alpha value is -1.75. The van der Waals surface area contributed by atoms with Crippen LogP contribution in [0.1, 0.15) is 5.56 Å². The molecule has 1 aromatic carbocycles. The van der Waals surface area contributed by atoms with Gasteiger partial charge in [-0.05, 0) is 20.2 Å². The summed E-state index contributed by atoms with van der Waals surface area (Å²) < 4.78 is 5.85. The normalized spacial score (nSPS) is 14.6. The molecule has 0 fully saturated rings. The van der Waals surface area contributed by atoms with Crippen molar-refractivity contribution in [3.8, 4) is 5.75 Å². The summed E-state index contributed by atoms with van der Waals surface area (Å²) in [5.41, 5.74) is 1.16. The fourth-order valence-corrected chi connectivity index (χ4v) is 2.03. The van der Waals surface area contributed by atoms with Gasteiger partial charge in [-0.25, -0.2) is 0 Å². The zero-order valence-electron chi connectivity index (χ0n) is 12.6. The number of hydrogen-bond donors (Lipinski definition) is 1. The Labute approximate surface area is 121 Å². The van der Waals surface area contributed by atoms with Gasteiger partial charge in [0.05, 0.1) is 6.54 Å². The Bertz CT molecular complexity index is 459. The summed E-state index contributed by atoms with van der Waals surface area (Å²) in [6.07, 6.45) is 0. The molecule has 0 atom stereocenters. The van der Waals surface area contributed by atoms with E-state index in [9.17, 15) is 0 Å². The third-order valence-corrected chi connectivity index (χ3v) is 3.26. The molecule has 0 spiro atoms. The number of nitrogens with zero attached hydrogens (tertiary/aromatic N) is 3. The van der Waals surface area contributed by atoms with Gasteiger partial charge in [-0.1, -0.05) is 18.2 Å². The lowest BCUT2D eigenvalue weighted by Crippen LogP contribution is -2.35. The zero-order valence-corrected chi connectivity index (χ0v) is 12.6. The van der Waals surface area contributed by atoms with Gasteiger partial charge in [-0.15, -0.1) is 0 Å². The van der Waals surface area contributed by atoms with E-state index in [1.54, 1.807) is 0 Å². The molecule has 110 valence electrons. The van der Waals surface area contributed by atoms with E-state index in [0.29, 0.717) is 6.61 Å². The summed E-state index contributed by atoms with van der Waals surface area (Å²) in [7, 11) is 6.15. The van der Waals surface area contributed by atoms with Gasteiger partial charge >= 0.3 is 0 Å². The summed E-state index contributed by atoms with van der Waals surface area (Å²) in [6.45, 7) is 4.21. The summed E-state index contributed by atoms with van der Waals surface area (Å²) in [4.78, 5) is 8.68. The molecule has 0 saturated carbocycles. The maximum Gasteiger partial charge on any atom is 0.194 e. The van der Waals surface area contributed by atoms with Crippen LogP contribution in [-0.4, -0.2) is 63.1 Å². The average Bonchev–Trinajstić information content (AvgIpc) is 2.83. The summed E-state index contributed by atoms with van der Waals surface area (Å²) in [6, 6.07) is 8.16. The van der Waals surface area contributed by atoms with Crippen molar-refractivity contribution in [3.63, 3.8) is 0 Å². The van der Waals surface area contributed by atoms with Crippen molar-refractivity contribution in [1.29, 1.82) is 0 Å². The second-order valence-electron chi connectivity index (χ2n) is 5.24. The van der Waals surface area contributed by atoms with Gasteiger partial charge in [0.1, 0.15) is 12.4 Å². The van der Waals surface area contributed by atoms with E-state index >= 15 is 0 Å². The Morgan fingerprint density at radius 2 is 2.15 bits per heavy atom. The first-order chi connectivity index (χ1) is 9.66. The molecule has 1 aliphatic heterocycles. The van der Waals surface area contributed by atoms with Gasteiger partial charge in [-0.3, -0.25) is 4.99 Å². The SMILES string of the molecule is CN(C)CCOc1ccccc1CNC1=NCCN1C. The molecule has 0 unspecified atom stereocenters. The summed E-state index contributed by atoms with van der Waals surface area (Å²) in [5, 5.41) is 3.37. The molecule has 0 radical (unpaired) electrons. The highest BCUT2D eigenvalue weighted by Gasteiger charge is 2.12. The van der Waals surface area contributed by atoms with E-state index in [2.05, 4.69) is 33.2 Å². The van der Waals surface area contributed by atoms with Crippen molar-refractivity contribution in [2.24, 2.45) is 4.99 Å². The molecule has 1 heterocycles. The maximum absolute atomic E-state index is 5.85. The van der Waals surface area contributed by atoms with Crippen LogP contribution in [0.5, 0.6) is 5.75 Å². The molecule has 20 heavy (non-hydrogen) atoms. The lowest BCUT2D eigenvalue weighted by Gasteiger charge is -2.17. The predicted octanol–water partition coefficient (Wildman–Crippen LogP) is 1.02. The highest BCUT2D eigenvalue weighted by molar-refractivity contribution is 5.81.